The fourth-order valence-corrected chi connectivity index (χ4v) is 0. The van der Waals surface area contributed by atoms with Crippen LogP contribution in [0.25, 0.3) is 0 Å². The molecule has 0 unspecified atom stereocenters. The molecule has 0 radical (unpaired) electrons. The minimum atomic E-state index is -0.542. The van der Waals surface area contributed by atoms with Crippen LogP contribution < -0.4 is 0 Å². The second-order valence-corrected chi connectivity index (χ2v) is 17.2. The summed E-state index contributed by atoms with van der Waals surface area (Å²) in [6, 6.07) is 0. The van der Waals surface area contributed by atoms with Gasteiger partial charge in [-0.1, -0.05) is 0 Å². The molecule has 0 aromatic heterocycles. The molecule has 0 aliphatic heterocycles. The molecule has 0 nitrogen and oxygen atoms in total. The summed E-state index contributed by atoms with van der Waals surface area (Å²) in [5.41, 5.74) is 2.40. The SMILES string of the molecule is C[CH2][Ga]([CH3])[I]. The second-order valence-electron chi connectivity index (χ2n) is 1.19. The van der Waals surface area contributed by atoms with E-state index in [9.17, 15) is 0 Å². The van der Waals surface area contributed by atoms with E-state index in [4.69, 9.17) is 0 Å². The van der Waals surface area contributed by atoms with Crippen molar-refractivity contribution in [1.29, 1.82) is 0 Å². The molecule has 0 N–H and O–H groups in total. The van der Waals surface area contributed by atoms with Gasteiger partial charge in [0.1, 0.15) is 0 Å². The normalized spacial score (nSPS) is 7.80. The topological polar surface area (TPSA) is 0 Å². The summed E-state index contributed by atoms with van der Waals surface area (Å²) in [4.78, 5) is 1.48. The van der Waals surface area contributed by atoms with E-state index in [-0.39, 0.29) is 0 Å². The van der Waals surface area contributed by atoms with Crippen LogP contribution in [0.5, 0.6) is 0 Å². The van der Waals surface area contributed by atoms with Crippen LogP contribution in [-0.4, -0.2) is 12.7 Å². The van der Waals surface area contributed by atoms with Gasteiger partial charge in [0.05, 0.1) is 0 Å². The molecule has 0 rings (SSSR count). The molecule has 0 aromatic rings. The molecule has 0 fully saturated rings. The van der Waals surface area contributed by atoms with Crippen molar-refractivity contribution >= 4 is 32.3 Å². The average Bonchev–Trinajstić information content (AvgIpc) is 1.38. The van der Waals surface area contributed by atoms with Gasteiger partial charge in [0.2, 0.25) is 0 Å². The maximum absolute atomic E-state index is 2.59. The molecule has 0 saturated carbocycles. The molecular weight excluding hydrogens is 233 g/mol. The Kier molecular flexibility index (Phi) is 4.52. The Morgan fingerprint density at radius 3 is 2.00 bits per heavy atom. The van der Waals surface area contributed by atoms with Gasteiger partial charge in [-0.3, -0.25) is 0 Å². The van der Waals surface area contributed by atoms with Crippen molar-refractivity contribution in [1.82, 2.24) is 0 Å². The monoisotopic (exact) mass is 240 g/mol. The van der Waals surface area contributed by atoms with Crippen LogP contribution in [0.2, 0.25) is 10.5 Å². The van der Waals surface area contributed by atoms with Crippen molar-refractivity contribution in [3.63, 3.8) is 0 Å². The summed E-state index contributed by atoms with van der Waals surface area (Å²) in [6.07, 6.45) is 0. The fraction of sp³-hybridized carbons (Fsp3) is 1.00. The van der Waals surface area contributed by atoms with E-state index < -0.39 is 12.7 Å². The van der Waals surface area contributed by atoms with Crippen LogP contribution in [0.1, 0.15) is 6.92 Å². The zero-order chi connectivity index (χ0) is 4.28. The van der Waals surface area contributed by atoms with Crippen molar-refractivity contribution in [3.05, 3.63) is 0 Å². The molecule has 0 aliphatic rings. The van der Waals surface area contributed by atoms with E-state index in [0.29, 0.717) is 0 Å². The molecule has 2 heteroatoms. The van der Waals surface area contributed by atoms with Crippen molar-refractivity contribution < 1.29 is 0 Å². The third-order valence-electron chi connectivity index (χ3n) is 0.563. The van der Waals surface area contributed by atoms with Gasteiger partial charge in [0.25, 0.3) is 0 Å². The molecule has 0 aliphatic carbocycles. The summed E-state index contributed by atoms with van der Waals surface area (Å²) < 4.78 is 0. The van der Waals surface area contributed by atoms with Crippen molar-refractivity contribution in [2.45, 2.75) is 17.4 Å². The van der Waals surface area contributed by atoms with E-state index in [0.717, 1.165) is 0 Å². The summed E-state index contributed by atoms with van der Waals surface area (Å²) in [7, 11) is 0. The Morgan fingerprint density at radius 2 is 2.00 bits per heavy atom. The molecule has 0 atom stereocenters. The molecule has 0 spiro atoms. The third-order valence-corrected chi connectivity index (χ3v) is 7.50. The van der Waals surface area contributed by atoms with Crippen molar-refractivity contribution in [2.24, 2.45) is 0 Å². The van der Waals surface area contributed by atoms with Gasteiger partial charge in [0, 0.05) is 0 Å². The van der Waals surface area contributed by atoms with Gasteiger partial charge >= 0.3 is 49.7 Å². The van der Waals surface area contributed by atoms with Gasteiger partial charge < -0.3 is 0 Å². The number of hydrogen-bond donors (Lipinski definition) is 0. The maximum atomic E-state index is 2.59. The predicted molar refractivity (Wildman–Crippen MR) is 36.1 cm³/mol. The van der Waals surface area contributed by atoms with Gasteiger partial charge in [0.15, 0.2) is 0 Å². The molecule has 30 valence electrons. The molecule has 0 bridgehead atoms. The first kappa shape index (κ1) is 6.37. The predicted octanol–water partition coefficient (Wildman–Crippen LogP) is 2.06. The molecule has 0 amide bonds. The first-order valence-electron chi connectivity index (χ1n) is 1.91. The summed E-state index contributed by atoms with van der Waals surface area (Å²) in [5, 5.41) is 0. The fourth-order valence-electron chi connectivity index (χ4n) is 0. The van der Waals surface area contributed by atoms with Crippen LogP contribution in [0.15, 0.2) is 0 Å². The summed E-state index contributed by atoms with van der Waals surface area (Å²) in [5.74, 6) is 0. The van der Waals surface area contributed by atoms with Gasteiger partial charge in [-0.15, -0.1) is 0 Å². The zero-order valence-corrected chi connectivity index (χ0v) is 8.24. The molecular formula is C3H8GaI. The van der Waals surface area contributed by atoms with Crippen molar-refractivity contribution in [3.8, 4) is 0 Å². The standard InChI is InChI=1S/C2H5.CH3.Ga.HI/c1-2;;;/h1H2,2H3;1H3;;1H/q;;+1;/p-1. The van der Waals surface area contributed by atoms with Gasteiger partial charge in [-0.05, 0) is 0 Å². The molecule has 0 heterocycles. The number of halogens is 1. The summed E-state index contributed by atoms with van der Waals surface area (Å²) in [6.45, 7) is 2.27. The van der Waals surface area contributed by atoms with Crippen LogP contribution >= 0.6 is 19.7 Å². The van der Waals surface area contributed by atoms with E-state index in [2.05, 4.69) is 32.1 Å². The molecule has 0 saturated heterocycles. The van der Waals surface area contributed by atoms with Crippen molar-refractivity contribution in [2.75, 3.05) is 0 Å². The van der Waals surface area contributed by atoms with E-state index in [1.165, 1.54) is 4.98 Å². The van der Waals surface area contributed by atoms with Gasteiger partial charge in [-0.2, -0.15) is 0 Å². The molecule has 5 heavy (non-hydrogen) atoms. The van der Waals surface area contributed by atoms with E-state index in [1.54, 1.807) is 0 Å². The Hall–Kier alpha value is 1.37. The average molecular weight is 241 g/mol. The molecule has 0 aromatic carbocycles. The first-order valence-corrected chi connectivity index (χ1v) is 13.4. The first-order chi connectivity index (χ1) is 2.27. The van der Waals surface area contributed by atoms with Crippen LogP contribution in [0, 0.1) is 0 Å². The zero-order valence-electron chi connectivity index (χ0n) is 3.66. The Labute approximate surface area is 49.5 Å². The Morgan fingerprint density at radius 1 is 1.80 bits per heavy atom. The number of hydrogen-bond acceptors (Lipinski definition) is 0. The van der Waals surface area contributed by atoms with Crippen LogP contribution in [0.3, 0.4) is 0 Å². The van der Waals surface area contributed by atoms with Gasteiger partial charge in [-0.25, -0.2) is 0 Å². The third kappa shape index (κ3) is 5.37. The number of rotatable bonds is 1. The minimum absolute atomic E-state index is 0.542. The van der Waals surface area contributed by atoms with Crippen LogP contribution in [-0.2, 0) is 0 Å². The van der Waals surface area contributed by atoms with E-state index in [1.807, 2.05) is 0 Å². The Bertz CT molecular complexity index is 20.9. The van der Waals surface area contributed by atoms with E-state index >= 15 is 0 Å². The quantitative estimate of drug-likeness (QED) is 0.486. The summed E-state index contributed by atoms with van der Waals surface area (Å²) >= 11 is 2.05. The second kappa shape index (κ2) is 3.55. The Balaban J connectivity index is 2.54. The van der Waals surface area contributed by atoms with Crippen LogP contribution in [0.4, 0.5) is 0 Å².